The molecule has 1 unspecified atom stereocenters. The molecule has 1 saturated heterocycles. The monoisotopic (exact) mass is 305 g/mol. The predicted octanol–water partition coefficient (Wildman–Crippen LogP) is 2.82. The third-order valence-electron chi connectivity index (χ3n) is 4.00. The van der Waals surface area contributed by atoms with Crippen LogP contribution in [0.4, 0.5) is 4.79 Å². The zero-order valence-electron chi connectivity index (χ0n) is 13.4. The molecule has 0 bridgehead atoms. The van der Waals surface area contributed by atoms with Crippen LogP contribution in [0.2, 0.25) is 0 Å². The third kappa shape index (κ3) is 3.40. The second-order valence-corrected chi connectivity index (χ2v) is 5.52. The minimum atomic E-state index is -0.448. The highest BCUT2D eigenvalue weighted by Crippen LogP contribution is 2.26. The van der Waals surface area contributed by atoms with E-state index in [1.165, 1.54) is 12.0 Å². The molecule has 1 fully saturated rings. The first-order valence-corrected chi connectivity index (χ1v) is 7.70. The maximum absolute atomic E-state index is 12.0. The number of ether oxygens (including phenoxy) is 2. The molecule has 5 nitrogen and oxygen atoms in total. The molecule has 1 aromatic carbocycles. The number of hydrogen-bond donors (Lipinski definition) is 0. The Hall–Kier alpha value is -2.04. The van der Waals surface area contributed by atoms with Gasteiger partial charge in [0.25, 0.3) is 0 Å². The number of unbranched alkanes of at least 4 members (excludes halogenated alkanes) is 1. The fourth-order valence-corrected chi connectivity index (χ4v) is 2.61. The van der Waals surface area contributed by atoms with Crippen molar-refractivity contribution in [1.29, 1.82) is 0 Å². The Labute approximate surface area is 131 Å². The van der Waals surface area contributed by atoms with Crippen molar-refractivity contribution < 1.29 is 19.1 Å². The summed E-state index contributed by atoms with van der Waals surface area (Å²) in [6.07, 6.45) is 2.19. The highest BCUT2D eigenvalue weighted by Gasteiger charge is 2.47. The van der Waals surface area contributed by atoms with Gasteiger partial charge in [-0.05, 0) is 31.0 Å². The Balaban J connectivity index is 1.95. The molecule has 0 aromatic heterocycles. The van der Waals surface area contributed by atoms with Crippen molar-refractivity contribution in [3.8, 4) is 5.75 Å². The van der Waals surface area contributed by atoms with E-state index in [0.717, 1.165) is 24.2 Å². The summed E-state index contributed by atoms with van der Waals surface area (Å²) in [6, 6.07) is 6.86. The van der Waals surface area contributed by atoms with E-state index in [4.69, 9.17) is 9.47 Å². The number of benzene rings is 1. The lowest BCUT2D eigenvalue weighted by Gasteiger charge is -2.44. The standard InChI is InChI=1S/C17H23NO4/c1-4-5-10-22-14-8-6-13(7-9-14)11-15-16(19)12(2)18(15)17(20)21-3/h6-9,12,15H,4-5,10-11H2,1-3H3/t12?,15-/m0/s1. The summed E-state index contributed by atoms with van der Waals surface area (Å²) in [6.45, 7) is 4.56. The van der Waals surface area contributed by atoms with Crippen molar-refractivity contribution in [3.63, 3.8) is 0 Å². The highest BCUT2D eigenvalue weighted by atomic mass is 16.5. The van der Waals surface area contributed by atoms with Gasteiger partial charge in [0, 0.05) is 6.42 Å². The van der Waals surface area contributed by atoms with Gasteiger partial charge in [0.15, 0.2) is 5.78 Å². The summed E-state index contributed by atoms with van der Waals surface area (Å²) >= 11 is 0. The topological polar surface area (TPSA) is 55.8 Å². The van der Waals surface area contributed by atoms with Crippen molar-refractivity contribution in [2.45, 2.75) is 45.2 Å². The Kier molecular flexibility index (Phi) is 5.41. The first-order valence-electron chi connectivity index (χ1n) is 7.70. The lowest BCUT2D eigenvalue weighted by atomic mass is 9.88. The molecule has 1 aliphatic heterocycles. The zero-order valence-corrected chi connectivity index (χ0v) is 13.4. The van der Waals surface area contributed by atoms with Gasteiger partial charge in [-0.2, -0.15) is 0 Å². The van der Waals surface area contributed by atoms with E-state index in [1.54, 1.807) is 6.92 Å². The predicted molar refractivity (Wildman–Crippen MR) is 83.1 cm³/mol. The molecule has 1 aromatic rings. The molecule has 5 heteroatoms. The minimum absolute atomic E-state index is 0.0775. The van der Waals surface area contributed by atoms with Crippen molar-refractivity contribution >= 4 is 11.9 Å². The van der Waals surface area contributed by atoms with Gasteiger partial charge in [-0.3, -0.25) is 9.69 Å². The maximum Gasteiger partial charge on any atom is 0.410 e. The maximum atomic E-state index is 12.0. The summed E-state index contributed by atoms with van der Waals surface area (Å²) in [7, 11) is 1.33. The van der Waals surface area contributed by atoms with Gasteiger partial charge in [0.05, 0.1) is 19.8 Å². The largest absolute Gasteiger partial charge is 0.494 e. The molecule has 2 rings (SSSR count). The van der Waals surface area contributed by atoms with Gasteiger partial charge in [-0.1, -0.05) is 25.5 Å². The molecule has 0 spiro atoms. The average molecular weight is 305 g/mol. The molecule has 0 N–H and O–H groups in total. The van der Waals surface area contributed by atoms with Gasteiger partial charge in [0.1, 0.15) is 11.8 Å². The van der Waals surface area contributed by atoms with Crippen LogP contribution in [-0.2, 0) is 16.0 Å². The lowest BCUT2D eigenvalue weighted by Crippen LogP contribution is -2.66. The first-order chi connectivity index (χ1) is 10.6. The van der Waals surface area contributed by atoms with Gasteiger partial charge in [-0.15, -0.1) is 0 Å². The van der Waals surface area contributed by atoms with E-state index >= 15 is 0 Å². The van der Waals surface area contributed by atoms with E-state index in [1.807, 2.05) is 24.3 Å². The molecule has 1 amide bonds. The second-order valence-electron chi connectivity index (χ2n) is 5.52. The minimum Gasteiger partial charge on any atom is -0.494 e. The molecule has 0 saturated carbocycles. The molecule has 2 atom stereocenters. The summed E-state index contributed by atoms with van der Waals surface area (Å²) < 4.78 is 10.3. The Bertz CT molecular complexity index is 526. The normalized spacial score (nSPS) is 20.5. The number of hydrogen-bond acceptors (Lipinski definition) is 4. The average Bonchev–Trinajstić information content (AvgIpc) is 2.55. The van der Waals surface area contributed by atoms with Crippen LogP contribution in [0.15, 0.2) is 24.3 Å². The number of methoxy groups -OCH3 is 1. The molecule has 120 valence electrons. The summed E-state index contributed by atoms with van der Waals surface area (Å²) in [5, 5.41) is 0. The van der Waals surface area contributed by atoms with E-state index in [2.05, 4.69) is 6.92 Å². The fourth-order valence-electron chi connectivity index (χ4n) is 2.61. The number of rotatable bonds is 6. The summed E-state index contributed by atoms with van der Waals surface area (Å²) in [5.74, 6) is 0.906. The quantitative estimate of drug-likeness (QED) is 0.758. The van der Waals surface area contributed by atoms with Crippen LogP contribution < -0.4 is 4.74 Å². The molecule has 1 aliphatic rings. The first kappa shape index (κ1) is 16.3. The van der Waals surface area contributed by atoms with Crippen LogP contribution in [0, 0.1) is 0 Å². The molecular weight excluding hydrogens is 282 g/mol. The van der Waals surface area contributed by atoms with Crippen LogP contribution in [0.25, 0.3) is 0 Å². The van der Waals surface area contributed by atoms with E-state index in [9.17, 15) is 9.59 Å². The number of carbonyl (C=O) groups excluding carboxylic acids is 2. The Morgan fingerprint density at radius 2 is 1.95 bits per heavy atom. The van der Waals surface area contributed by atoms with Gasteiger partial charge in [-0.25, -0.2) is 4.79 Å². The number of likely N-dealkylation sites (tertiary alicyclic amines) is 1. The number of ketones is 1. The highest BCUT2D eigenvalue weighted by molar-refractivity contribution is 6.00. The van der Waals surface area contributed by atoms with Crippen LogP contribution in [0.5, 0.6) is 5.75 Å². The molecule has 22 heavy (non-hydrogen) atoms. The number of carbonyl (C=O) groups is 2. The molecule has 0 radical (unpaired) electrons. The van der Waals surface area contributed by atoms with E-state index in [0.29, 0.717) is 13.0 Å². The molecule has 0 aliphatic carbocycles. The zero-order chi connectivity index (χ0) is 16.1. The molecular formula is C17H23NO4. The second kappa shape index (κ2) is 7.29. The molecule has 1 heterocycles. The van der Waals surface area contributed by atoms with Crippen molar-refractivity contribution in [2.24, 2.45) is 0 Å². The third-order valence-corrected chi connectivity index (χ3v) is 4.00. The van der Waals surface area contributed by atoms with Gasteiger partial charge >= 0.3 is 6.09 Å². The van der Waals surface area contributed by atoms with Crippen LogP contribution in [0.3, 0.4) is 0 Å². The smallest absolute Gasteiger partial charge is 0.410 e. The van der Waals surface area contributed by atoms with Gasteiger partial charge < -0.3 is 9.47 Å². The lowest BCUT2D eigenvalue weighted by molar-refractivity contribution is -0.140. The Morgan fingerprint density at radius 3 is 2.55 bits per heavy atom. The number of nitrogens with zero attached hydrogens (tertiary/aromatic N) is 1. The SMILES string of the molecule is CCCCOc1ccc(C[C@H]2C(=O)C(C)N2C(=O)OC)cc1. The fraction of sp³-hybridized carbons (Fsp3) is 0.529. The van der Waals surface area contributed by atoms with E-state index < -0.39 is 18.2 Å². The van der Waals surface area contributed by atoms with Crippen molar-refractivity contribution in [3.05, 3.63) is 29.8 Å². The number of Topliss-reactive ketones (excluding diaryl/α,β-unsaturated/α-hetero) is 1. The number of amides is 1. The van der Waals surface area contributed by atoms with Gasteiger partial charge in [0.2, 0.25) is 0 Å². The van der Waals surface area contributed by atoms with Crippen LogP contribution in [-0.4, -0.2) is 42.6 Å². The summed E-state index contributed by atoms with van der Waals surface area (Å²) in [4.78, 5) is 25.1. The Morgan fingerprint density at radius 1 is 1.27 bits per heavy atom. The van der Waals surface area contributed by atoms with E-state index in [-0.39, 0.29) is 5.78 Å². The van der Waals surface area contributed by atoms with Crippen LogP contribution >= 0.6 is 0 Å². The van der Waals surface area contributed by atoms with Crippen LogP contribution in [0.1, 0.15) is 32.3 Å². The van der Waals surface area contributed by atoms with Crippen molar-refractivity contribution in [1.82, 2.24) is 4.90 Å². The van der Waals surface area contributed by atoms with Crippen molar-refractivity contribution in [2.75, 3.05) is 13.7 Å². The summed E-state index contributed by atoms with van der Waals surface area (Å²) in [5.41, 5.74) is 1.00.